The van der Waals surface area contributed by atoms with Crippen molar-refractivity contribution in [2.24, 2.45) is 5.92 Å². The molecule has 0 rings (SSSR count). The minimum atomic E-state index is -0.731. The standard InChI is InChI=1S/C10H21NO2/c1-5-8(3)7-11(6-2)9(4)10(12)13/h8-9H,5-7H2,1-4H3,(H,12,13). The minimum absolute atomic E-state index is 0.362. The highest BCUT2D eigenvalue weighted by molar-refractivity contribution is 5.72. The van der Waals surface area contributed by atoms with Crippen LogP contribution in [0, 0.1) is 5.92 Å². The van der Waals surface area contributed by atoms with Gasteiger partial charge in [0.2, 0.25) is 0 Å². The lowest BCUT2D eigenvalue weighted by Gasteiger charge is -2.27. The van der Waals surface area contributed by atoms with Gasteiger partial charge in [0, 0.05) is 6.54 Å². The predicted molar refractivity (Wildman–Crippen MR) is 53.8 cm³/mol. The molecule has 78 valence electrons. The number of carboxylic acids is 1. The number of aliphatic carboxylic acids is 1. The van der Waals surface area contributed by atoms with E-state index in [1.807, 2.05) is 11.8 Å². The van der Waals surface area contributed by atoms with Gasteiger partial charge in [-0.1, -0.05) is 27.2 Å². The highest BCUT2D eigenvalue weighted by Crippen LogP contribution is 2.07. The van der Waals surface area contributed by atoms with E-state index in [1.54, 1.807) is 6.92 Å². The Labute approximate surface area is 80.7 Å². The fourth-order valence-electron chi connectivity index (χ4n) is 1.25. The van der Waals surface area contributed by atoms with Crippen molar-refractivity contribution in [3.8, 4) is 0 Å². The maximum atomic E-state index is 10.7. The molecule has 0 aliphatic heterocycles. The average Bonchev–Trinajstić information content (AvgIpc) is 2.12. The van der Waals surface area contributed by atoms with Crippen LogP contribution >= 0.6 is 0 Å². The summed E-state index contributed by atoms with van der Waals surface area (Å²) in [6.07, 6.45) is 1.10. The molecule has 0 fully saturated rings. The van der Waals surface area contributed by atoms with Crippen molar-refractivity contribution in [3.63, 3.8) is 0 Å². The van der Waals surface area contributed by atoms with Crippen molar-refractivity contribution >= 4 is 5.97 Å². The summed E-state index contributed by atoms with van der Waals surface area (Å²) in [5.74, 6) is -0.160. The number of carboxylic acid groups (broad SMARTS) is 1. The van der Waals surface area contributed by atoms with E-state index in [1.165, 1.54) is 0 Å². The summed E-state index contributed by atoms with van der Waals surface area (Å²) < 4.78 is 0. The lowest BCUT2D eigenvalue weighted by molar-refractivity contribution is -0.142. The number of likely N-dealkylation sites (N-methyl/N-ethyl adjacent to an activating group) is 1. The zero-order valence-corrected chi connectivity index (χ0v) is 9.08. The molecule has 2 unspecified atom stereocenters. The third-order valence-corrected chi connectivity index (χ3v) is 2.55. The predicted octanol–water partition coefficient (Wildman–Crippen LogP) is 1.83. The number of carbonyl (C=O) groups is 1. The average molecular weight is 187 g/mol. The molecular formula is C10H21NO2. The van der Waals surface area contributed by atoms with E-state index < -0.39 is 5.97 Å². The molecule has 0 aromatic rings. The van der Waals surface area contributed by atoms with Crippen molar-refractivity contribution in [1.29, 1.82) is 0 Å². The zero-order chi connectivity index (χ0) is 10.4. The maximum absolute atomic E-state index is 10.7. The Morgan fingerprint density at radius 2 is 1.92 bits per heavy atom. The van der Waals surface area contributed by atoms with Gasteiger partial charge in [0.1, 0.15) is 6.04 Å². The fraction of sp³-hybridized carbons (Fsp3) is 0.900. The van der Waals surface area contributed by atoms with Crippen LogP contribution in [0.15, 0.2) is 0 Å². The number of rotatable bonds is 6. The Hall–Kier alpha value is -0.570. The van der Waals surface area contributed by atoms with Crippen LogP contribution in [0.2, 0.25) is 0 Å². The third kappa shape index (κ3) is 4.27. The molecule has 0 heterocycles. The zero-order valence-electron chi connectivity index (χ0n) is 9.08. The molecule has 13 heavy (non-hydrogen) atoms. The fourth-order valence-corrected chi connectivity index (χ4v) is 1.25. The minimum Gasteiger partial charge on any atom is -0.480 e. The first-order valence-corrected chi connectivity index (χ1v) is 4.99. The maximum Gasteiger partial charge on any atom is 0.320 e. The van der Waals surface area contributed by atoms with Gasteiger partial charge in [0.15, 0.2) is 0 Å². The van der Waals surface area contributed by atoms with E-state index in [0.29, 0.717) is 5.92 Å². The van der Waals surface area contributed by atoms with Crippen molar-refractivity contribution in [1.82, 2.24) is 4.90 Å². The van der Waals surface area contributed by atoms with Crippen LogP contribution in [-0.2, 0) is 4.79 Å². The molecule has 0 amide bonds. The van der Waals surface area contributed by atoms with E-state index in [4.69, 9.17) is 5.11 Å². The Balaban J connectivity index is 4.09. The van der Waals surface area contributed by atoms with Crippen molar-refractivity contribution in [2.45, 2.75) is 40.2 Å². The van der Waals surface area contributed by atoms with E-state index in [-0.39, 0.29) is 6.04 Å². The first-order chi connectivity index (χ1) is 6.02. The van der Waals surface area contributed by atoms with Crippen LogP contribution in [0.5, 0.6) is 0 Å². The second-order valence-corrected chi connectivity index (χ2v) is 3.62. The van der Waals surface area contributed by atoms with E-state index >= 15 is 0 Å². The summed E-state index contributed by atoms with van der Waals surface area (Å²) in [7, 11) is 0. The SMILES string of the molecule is CCC(C)CN(CC)C(C)C(=O)O. The van der Waals surface area contributed by atoms with E-state index in [0.717, 1.165) is 19.5 Å². The smallest absolute Gasteiger partial charge is 0.320 e. The van der Waals surface area contributed by atoms with Gasteiger partial charge in [-0.05, 0) is 19.4 Å². The first-order valence-electron chi connectivity index (χ1n) is 4.99. The van der Waals surface area contributed by atoms with Gasteiger partial charge >= 0.3 is 5.97 Å². The van der Waals surface area contributed by atoms with Crippen LogP contribution in [0.1, 0.15) is 34.1 Å². The topological polar surface area (TPSA) is 40.5 Å². The molecule has 0 saturated heterocycles. The molecule has 0 aromatic heterocycles. The molecule has 3 heteroatoms. The summed E-state index contributed by atoms with van der Waals surface area (Å²) in [4.78, 5) is 12.7. The molecule has 2 atom stereocenters. The van der Waals surface area contributed by atoms with Crippen LogP contribution in [-0.4, -0.2) is 35.1 Å². The molecule has 0 saturated carbocycles. The molecular weight excluding hydrogens is 166 g/mol. The van der Waals surface area contributed by atoms with Crippen LogP contribution in [0.25, 0.3) is 0 Å². The Kier molecular flexibility index (Phi) is 5.71. The Bertz CT molecular complexity index is 159. The summed E-state index contributed by atoms with van der Waals surface area (Å²) in [5, 5.41) is 8.83. The van der Waals surface area contributed by atoms with Crippen LogP contribution in [0.3, 0.4) is 0 Å². The number of hydrogen-bond donors (Lipinski definition) is 1. The third-order valence-electron chi connectivity index (χ3n) is 2.55. The quantitative estimate of drug-likeness (QED) is 0.689. The highest BCUT2D eigenvalue weighted by Gasteiger charge is 2.19. The van der Waals surface area contributed by atoms with Gasteiger partial charge < -0.3 is 5.11 Å². The molecule has 1 N–H and O–H groups in total. The summed E-state index contributed by atoms with van der Waals surface area (Å²) in [6.45, 7) is 9.70. The van der Waals surface area contributed by atoms with Crippen LogP contribution in [0.4, 0.5) is 0 Å². The van der Waals surface area contributed by atoms with Gasteiger partial charge in [0.05, 0.1) is 0 Å². The molecule has 0 bridgehead atoms. The summed E-state index contributed by atoms with van der Waals surface area (Å²) in [5.41, 5.74) is 0. The van der Waals surface area contributed by atoms with E-state index in [2.05, 4.69) is 13.8 Å². The second kappa shape index (κ2) is 5.97. The highest BCUT2D eigenvalue weighted by atomic mass is 16.4. The number of hydrogen-bond acceptors (Lipinski definition) is 2. The summed E-state index contributed by atoms with van der Waals surface area (Å²) in [6, 6.07) is -0.362. The normalized spacial score (nSPS) is 15.8. The van der Waals surface area contributed by atoms with Crippen LogP contribution < -0.4 is 0 Å². The molecule has 0 aliphatic rings. The monoisotopic (exact) mass is 187 g/mol. The Morgan fingerprint density at radius 3 is 2.23 bits per heavy atom. The van der Waals surface area contributed by atoms with E-state index in [9.17, 15) is 4.79 Å². The van der Waals surface area contributed by atoms with Crippen molar-refractivity contribution in [2.75, 3.05) is 13.1 Å². The molecule has 3 nitrogen and oxygen atoms in total. The molecule has 0 aliphatic carbocycles. The lowest BCUT2D eigenvalue weighted by atomic mass is 10.1. The summed E-state index contributed by atoms with van der Waals surface area (Å²) >= 11 is 0. The van der Waals surface area contributed by atoms with Gasteiger partial charge in [-0.15, -0.1) is 0 Å². The molecule has 0 spiro atoms. The largest absolute Gasteiger partial charge is 0.480 e. The lowest BCUT2D eigenvalue weighted by Crippen LogP contribution is -2.41. The Morgan fingerprint density at radius 1 is 1.38 bits per heavy atom. The van der Waals surface area contributed by atoms with Crippen molar-refractivity contribution < 1.29 is 9.90 Å². The van der Waals surface area contributed by atoms with Crippen molar-refractivity contribution in [3.05, 3.63) is 0 Å². The van der Waals surface area contributed by atoms with Gasteiger partial charge in [0.25, 0.3) is 0 Å². The molecule has 0 aromatic carbocycles. The second-order valence-electron chi connectivity index (χ2n) is 3.62. The number of nitrogens with zero attached hydrogens (tertiary/aromatic N) is 1. The van der Waals surface area contributed by atoms with Gasteiger partial charge in [-0.3, -0.25) is 9.69 Å². The van der Waals surface area contributed by atoms with Gasteiger partial charge in [-0.2, -0.15) is 0 Å². The molecule has 0 radical (unpaired) electrons. The first kappa shape index (κ1) is 12.4. The van der Waals surface area contributed by atoms with Gasteiger partial charge in [-0.25, -0.2) is 0 Å².